The molecule has 1 aliphatic carbocycles. The second-order valence-corrected chi connectivity index (χ2v) is 22.1. The van der Waals surface area contributed by atoms with Gasteiger partial charge in [0.1, 0.15) is 0 Å². The van der Waals surface area contributed by atoms with Crippen molar-refractivity contribution < 1.29 is 9.53 Å². The van der Waals surface area contributed by atoms with E-state index in [1.165, 1.54) is 6.42 Å². The first-order valence-electron chi connectivity index (χ1n) is 8.13. The van der Waals surface area contributed by atoms with Gasteiger partial charge in [-0.1, -0.05) is 0 Å². The molecule has 0 spiro atoms. The molecule has 3 nitrogen and oxygen atoms in total. The molecule has 1 saturated heterocycles. The van der Waals surface area contributed by atoms with Gasteiger partial charge in [-0.3, -0.25) is 0 Å². The zero-order chi connectivity index (χ0) is 15.7. The van der Waals surface area contributed by atoms with Gasteiger partial charge in [-0.05, 0) is 0 Å². The fourth-order valence-electron chi connectivity index (χ4n) is 3.46. The SMILES string of the molecule is [CH3][Sn]([CH3])([CH3])[C]1=CC2C(CCN2C(=O)OCc2ccccc2)C1. The molecule has 0 radical (unpaired) electrons. The Balaban J connectivity index is 1.63. The second kappa shape index (κ2) is 6.26. The molecule has 1 aromatic rings. The molecule has 2 unspecified atom stereocenters. The molecule has 1 heterocycles. The minimum atomic E-state index is -1.98. The quantitative estimate of drug-likeness (QED) is 0.704. The van der Waals surface area contributed by atoms with Crippen LogP contribution in [0.25, 0.3) is 0 Å². The Bertz CT molecular complexity index is 576. The Morgan fingerprint density at radius 1 is 1.27 bits per heavy atom. The van der Waals surface area contributed by atoms with Crippen LogP contribution in [-0.4, -0.2) is 42.0 Å². The van der Waals surface area contributed by atoms with E-state index in [0.29, 0.717) is 12.5 Å². The summed E-state index contributed by atoms with van der Waals surface area (Å²) in [5.74, 6) is 0.634. The van der Waals surface area contributed by atoms with E-state index in [9.17, 15) is 4.79 Å². The third-order valence-corrected chi connectivity index (χ3v) is 11.4. The number of carbonyl (C=O) groups is 1. The number of amides is 1. The number of allylic oxidation sites excluding steroid dienone is 1. The van der Waals surface area contributed by atoms with E-state index in [1.54, 1.807) is 3.59 Å². The fourth-order valence-corrected chi connectivity index (χ4v) is 7.87. The van der Waals surface area contributed by atoms with E-state index >= 15 is 0 Å². The van der Waals surface area contributed by atoms with Gasteiger partial charge in [-0.2, -0.15) is 0 Å². The Kier molecular flexibility index (Phi) is 4.53. The summed E-state index contributed by atoms with van der Waals surface area (Å²) in [7, 11) is 0. The number of hydrogen-bond acceptors (Lipinski definition) is 2. The van der Waals surface area contributed by atoms with E-state index in [2.05, 4.69) is 20.9 Å². The van der Waals surface area contributed by atoms with Crippen molar-refractivity contribution >= 4 is 24.5 Å². The Hall–Kier alpha value is -0.971. The van der Waals surface area contributed by atoms with Gasteiger partial charge in [0.25, 0.3) is 0 Å². The summed E-state index contributed by atoms with van der Waals surface area (Å²) in [5.41, 5.74) is 1.04. The molecule has 1 aromatic carbocycles. The molecule has 1 fully saturated rings. The molecular formula is C18H25NO2Sn. The van der Waals surface area contributed by atoms with Crippen molar-refractivity contribution in [3.05, 3.63) is 45.6 Å². The third kappa shape index (κ3) is 3.34. The van der Waals surface area contributed by atoms with Gasteiger partial charge in [-0.25, -0.2) is 0 Å². The summed E-state index contributed by atoms with van der Waals surface area (Å²) in [6.07, 6.45) is 4.58. The first kappa shape index (κ1) is 15.9. The van der Waals surface area contributed by atoms with Crippen molar-refractivity contribution in [2.24, 2.45) is 5.92 Å². The predicted molar refractivity (Wildman–Crippen MR) is 91.3 cm³/mol. The first-order valence-corrected chi connectivity index (χ1v) is 18.1. The monoisotopic (exact) mass is 407 g/mol. The Labute approximate surface area is 137 Å². The van der Waals surface area contributed by atoms with Crippen molar-refractivity contribution in [3.8, 4) is 0 Å². The van der Waals surface area contributed by atoms with Gasteiger partial charge in [-0.15, -0.1) is 0 Å². The Morgan fingerprint density at radius 3 is 2.68 bits per heavy atom. The van der Waals surface area contributed by atoms with Crippen LogP contribution >= 0.6 is 0 Å². The molecule has 0 bridgehead atoms. The van der Waals surface area contributed by atoms with Gasteiger partial charge in [0, 0.05) is 0 Å². The van der Waals surface area contributed by atoms with Gasteiger partial charge >= 0.3 is 137 Å². The van der Waals surface area contributed by atoms with E-state index < -0.39 is 18.4 Å². The van der Waals surface area contributed by atoms with Crippen molar-refractivity contribution in [3.63, 3.8) is 0 Å². The maximum absolute atomic E-state index is 12.4. The number of benzene rings is 1. The number of nitrogens with zero attached hydrogens (tertiary/aromatic N) is 1. The van der Waals surface area contributed by atoms with Crippen LogP contribution in [0.15, 0.2) is 40.0 Å². The minimum absolute atomic E-state index is 0.155. The molecule has 2 atom stereocenters. The van der Waals surface area contributed by atoms with Crippen molar-refractivity contribution in [2.45, 2.75) is 40.3 Å². The normalized spacial score (nSPS) is 24.1. The Morgan fingerprint density at radius 2 is 2.00 bits per heavy atom. The molecule has 2 aliphatic rings. The average Bonchev–Trinajstić information content (AvgIpc) is 3.05. The standard InChI is InChI=1S/C15H16NO2.3CH3.Sn/c17-15(18-11-12-5-2-1-3-6-12)16-10-9-13-7-4-8-14(13)16;;;;/h1-3,5-6,8,13-14H,7,9-11H2;3*1H3;. The summed E-state index contributed by atoms with van der Waals surface area (Å²) in [4.78, 5) is 21.7. The van der Waals surface area contributed by atoms with Crippen LogP contribution in [0.4, 0.5) is 4.79 Å². The van der Waals surface area contributed by atoms with Crippen LogP contribution in [0.1, 0.15) is 18.4 Å². The van der Waals surface area contributed by atoms with Crippen LogP contribution in [0.3, 0.4) is 0 Å². The number of fused-ring (bicyclic) bond motifs is 1. The third-order valence-electron chi connectivity index (χ3n) is 4.84. The van der Waals surface area contributed by atoms with Gasteiger partial charge in [0.2, 0.25) is 0 Å². The zero-order valence-electron chi connectivity index (χ0n) is 13.7. The van der Waals surface area contributed by atoms with Gasteiger partial charge in [0.15, 0.2) is 0 Å². The molecule has 1 amide bonds. The van der Waals surface area contributed by atoms with Crippen LogP contribution in [0, 0.1) is 5.92 Å². The molecule has 22 heavy (non-hydrogen) atoms. The number of ether oxygens (including phenoxy) is 1. The van der Waals surface area contributed by atoms with E-state index in [-0.39, 0.29) is 12.1 Å². The molecule has 0 aromatic heterocycles. The molecular weight excluding hydrogens is 381 g/mol. The van der Waals surface area contributed by atoms with Crippen LogP contribution in [0.2, 0.25) is 14.8 Å². The van der Waals surface area contributed by atoms with Crippen molar-refractivity contribution in [1.29, 1.82) is 0 Å². The predicted octanol–water partition coefficient (Wildman–Crippen LogP) is 4.22. The number of likely N-dealkylation sites (tertiary alicyclic amines) is 1. The second-order valence-electron chi connectivity index (χ2n) is 7.42. The zero-order valence-corrected chi connectivity index (χ0v) is 16.6. The topological polar surface area (TPSA) is 29.5 Å². The molecule has 0 N–H and O–H groups in total. The number of carbonyl (C=O) groups excluding carboxylic acids is 1. The van der Waals surface area contributed by atoms with Gasteiger partial charge < -0.3 is 0 Å². The van der Waals surface area contributed by atoms with E-state index in [0.717, 1.165) is 18.5 Å². The van der Waals surface area contributed by atoms with Crippen molar-refractivity contribution in [2.75, 3.05) is 6.54 Å². The average molecular weight is 406 g/mol. The summed E-state index contributed by atoms with van der Waals surface area (Å²) < 4.78 is 7.20. The molecule has 4 heteroatoms. The summed E-state index contributed by atoms with van der Waals surface area (Å²) in [6.45, 7) is 1.20. The summed E-state index contributed by atoms with van der Waals surface area (Å²) >= 11 is -1.98. The first-order chi connectivity index (χ1) is 10.4. The fraction of sp³-hybridized carbons (Fsp3) is 0.500. The number of rotatable bonds is 3. The molecule has 0 saturated carbocycles. The molecule has 1 aliphatic heterocycles. The van der Waals surface area contributed by atoms with Crippen molar-refractivity contribution in [1.82, 2.24) is 4.90 Å². The number of hydrogen-bond donors (Lipinski definition) is 0. The maximum atomic E-state index is 12.4. The summed E-state index contributed by atoms with van der Waals surface area (Å²) in [6, 6.07) is 10.2. The van der Waals surface area contributed by atoms with Crippen LogP contribution in [0.5, 0.6) is 0 Å². The van der Waals surface area contributed by atoms with E-state index in [1.807, 2.05) is 35.2 Å². The molecule has 3 rings (SSSR count). The summed E-state index contributed by atoms with van der Waals surface area (Å²) in [5, 5.41) is 0. The van der Waals surface area contributed by atoms with Crippen LogP contribution in [-0.2, 0) is 11.3 Å². The van der Waals surface area contributed by atoms with E-state index in [4.69, 9.17) is 4.74 Å². The van der Waals surface area contributed by atoms with Crippen LogP contribution < -0.4 is 0 Å². The molecule has 118 valence electrons. The van der Waals surface area contributed by atoms with Gasteiger partial charge in [0.05, 0.1) is 0 Å².